The van der Waals surface area contributed by atoms with Crippen LogP contribution in [0.3, 0.4) is 0 Å². The molecule has 4 heterocycles. The van der Waals surface area contributed by atoms with Crippen LogP contribution in [0.25, 0.3) is 5.69 Å². The summed E-state index contributed by atoms with van der Waals surface area (Å²) < 4.78 is 2.19. The Morgan fingerprint density at radius 1 is 1.11 bits per heavy atom. The third-order valence-electron chi connectivity index (χ3n) is 4.77. The first kappa shape index (κ1) is 17.7. The van der Waals surface area contributed by atoms with Gasteiger partial charge < -0.3 is 14.8 Å². The molecule has 138 valence electrons. The zero-order valence-corrected chi connectivity index (χ0v) is 16.3. The topological polar surface area (TPSA) is 46.0 Å². The Balaban J connectivity index is 1.81. The largest absolute Gasteiger partial charge is 0.352 e. The van der Waals surface area contributed by atoms with Crippen LogP contribution < -0.4 is 5.32 Å². The molecule has 0 amide bonds. The summed E-state index contributed by atoms with van der Waals surface area (Å²) >= 11 is 5.71. The van der Waals surface area contributed by atoms with E-state index in [4.69, 9.17) is 12.2 Å². The van der Waals surface area contributed by atoms with Crippen molar-refractivity contribution < 1.29 is 0 Å². The van der Waals surface area contributed by atoms with Crippen LogP contribution in [-0.4, -0.2) is 31.1 Å². The van der Waals surface area contributed by atoms with E-state index in [9.17, 15) is 0 Å². The Labute approximate surface area is 165 Å². The Morgan fingerprint density at radius 3 is 2.70 bits per heavy atom. The average molecular weight is 378 g/mol. The molecule has 4 rings (SSSR count). The normalized spacial score (nSPS) is 19.5. The van der Waals surface area contributed by atoms with E-state index in [2.05, 4.69) is 69.1 Å². The van der Waals surface area contributed by atoms with Gasteiger partial charge in [0.25, 0.3) is 0 Å². The summed E-state index contributed by atoms with van der Waals surface area (Å²) in [7, 11) is 0. The second kappa shape index (κ2) is 7.48. The first-order valence-electron chi connectivity index (χ1n) is 9.21. The first-order chi connectivity index (χ1) is 13.1. The number of thiocarbonyl (C=S) groups is 1. The fourth-order valence-electron chi connectivity index (χ4n) is 3.68. The molecular formula is C21H23N5S. The highest BCUT2D eigenvalue weighted by molar-refractivity contribution is 7.80. The maximum absolute atomic E-state index is 5.71. The van der Waals surface area contributed by atoms with Gasteiger partial charge in [-0.15, -0.1) is 0 Å². The van der Waals surface area contributed by atoms with Crippen molar-refractivity contribution >= 4 is 17.3 Å². The lowest BCUT2D eigenvalue weighted by Crippen LogP contribution is -2.33. The van der Waals surface area contributed by atoms with Crippen molar-refractivity contribution in [3.63, 3.8) is 0 Å². The number of hydrogen-bond donors (Lipinski definition) is 1. The zero-order chi connectivity index (χ0) is 18.8. The highest BCUT2D eigenvalue weighted by Gasteiger charge is 2.41. The zero-order valence-electron chi connectivity index (χ0n) is 15.5. The van der Waals surface area contributed by atoms with Crippen molar-refractivity contribution in [2.45, 2.75) is 25.9 Å². The third-order valence-corrected chi connectivity index (χ3v) is 5.12. The molecule has 1 aliphatic rings. The van der Waals surface area contributed by atoms with Gasteiger partial charge in [0.15, 0.2) is 5.11 Å². The predicted octanol–water partition coefficient (Wildman–Crippen LogP) is 3.90. The molecule has 0 unspecified atom stereocenters. The van der Waals surface area contributed by atoms with E-state index < -0.39 is 0 Å². The van der Waals surface area contributed by atoms with Gasteiger partial charge in [0, 0.05) is 30.8 Å². The maximum Gasteiger partial charge on any atom is 0.170 e. The van der Waals surface area contributed by atoms with Crippen molar-refractivity contribution in [1.29, 1.82) is 0 Å². The van der Waals surface area contributed by atoms with Crippen molar-refractivity contribution in [2.24, 2.45) is 5.92 Å². The minimum atomic E-state index is 0.00257. The Kier molecular flexibility index (Phi) is 4.90. The summed E-state index contributed by atoms with van der Waals surface area (Å²) in [5, 5.41) is 4.29. The van der Waals surface area contributed by atoms with E-state index in [0.717, 1.165) is 23.0 Å². The SMILES string of the molecule is CC(C)CN1C(=S)N[C@H](c2ccccn2)[C@H]1c1cccn1-c1cccnc1. The van der Waals surface area contributed by atoms with Crippen LogP contribution in [0.2, 0.25) is 0 Å². The van der Waals surface area contributed by atoms with E-state index in [0.29, 0.717) is 5.92 Å². The summed E-state index contributed by atoms with van der Waals surface area (Å²) in [5.41, 5.74) is 3.21. The van der Waals surface area contributed by atoms with Crippen molar-refractivity contribution in [3.05, 3.63) is 78.6 Å². The Hall–Kier alpha value is -2.73. The van der Waals surface area contributed by atoms with Gasteiger partial charge >= 0.3 is 0 Å². The first-order valence-corrected chi connectivity index (χ1v) is 9.61. The van der Waals surface area contributed by atoms with E-state index in [1.165, 1.54) is 5.69 Å². The molecule has 0 aliphatic carbocycles. The summed E-state index contributed by atoms with van der Waals surface area (Å²) in [6.07, 6.45) is 7.59. The van der Waals surface area contributed by atoms with Crippen LogP contribution in [0, 0.1) is 5.92 Å². The van der Waals surface area contributed by atoms with Gasteiger partial charge in [0.2, 0.25) is 0 Å². The summed E-state index contributed by atoms with van der Waals surface area (Å²) in [6.45, 7) is 5.32. The van der Waals surface area contributed by atoms with Gasteiger partial charge in [0.05, 0.1) is 29.7 Å². The van der Waals surface area contributed by atoms with Gasteiger partial charge in [-0.2, -0.15) is 0 Å². The molecule has 3 aromatic rings. The molecule has 0 radical (unpaired) electrons. The van der Waals surface area contributed by atoms with Crippen molar-refractivity contribution in [3.8, 4) is 5.69 Å². The molecule has 1 N–H and O–H groups in total. The maximum atomic E-state index is 5.71. The molecule has 3 aromatic heterocycles. The minimum Gasteiger partial charge on any atom is -0.352 e. The van der Waals surface area contributed by atoms with Gasteiger partial charge in [-0.25, -0.2) is 0 Å². The minimum absolute atomic E-state index is 0.00257. The number of rotatable bonds is 5. The quantitative estimate of drug-likeness (QED) is 0.684. The van der Waals surface area contributed by atoms with Gasteiger partial charge in [0.1, 0.15) is 0 Å². The number of nitrogens with one attached hydrogen (secondary N) is 1. The van der Waals surface area contributed by atoms with Crippen molar-refractivity contribution in [2.75, 3.05) is 6.54 Å². The molecule has 5 nitrogen and oxygen atoms in total. The van der Waals surface area contributed by atoms with Crippen LogP contribution in [-0.2, 0) is 0 Å². The van der Waals surface area contributed by atoms with E-state index in [1.807, 2.05) is 30.6 Å². The lowest BCUT2D eigenvalue weighted by Gasteiger charge is -2.30. The van der Waals surface area contributed by atoms with Gasteiger partial charge in [-0.3, -0.25) is 9.97 Å². The summed E-state index contributed by atoms with van der Waals surface area (Å²) in [5.74, 6) is 0.497. The average Bonchev–Trinajstić information content (AvgIpc) is 3.28. The van der Waals surface area contributed by atoms with Crippen LogP contribution in [0.5, 0.6) is 0 Å². The highest BCUT2D eigenvalue weighted by atomic mass is 32.1. The lowest BCUT2D eigenvalue weighted by molar-refractivity contribution is 0.280. The fourth-order valence-corrected chi connectivity index (χ4v) is 4.00. The standard InChI is InChI=1S/C21H23N5S/c1-15(2)14-26-20(19(24-21(26)27)17-8-3-4-11-23-17)18-9-6-12-25(18)16-7-5-10-22-13-16/h3-13,15,19-20H,14H2,1-2H3,(H,24,27)/t19-,20-/m1/s1. The molecule has 27 heavy (non-hydrogen) atoms. The second-order valence-electron chi connectivity index (χ2n) is 7.19. The third kappa shape index (κ3) is 3.45. The van der Waals surface area contributed by atoms with Crippen LogP contribution >= 0.6 is 12.2 Å². The van der Waals surface area contributed by atoms with E-state index in [-0.39, 0.29) is 12.1 Å². The molecule has 1 saturated heterocycles. The summed E-state index contributed by atoms with van der Waals surface area (Å²) in [4.78, 5) is 11.2. The van der Waals surface area contributed by atoms with Crippen LogP contribution in [0.1, 0.15) is 37.3 Å². The van der Waals surface area contributed by atoms with Gasteiger partial charge in [-0.05, 0) is 54.5 Å². The predicted molar refractivity (Wildman–Crippen MR) is 111 cm³/mol. The number of pyridine rings is 2. The summed E-state index contributed by atoms with van der Waals surface area (Å²) in [6, 6.07) is 14.4. The van der Waals surface area contributed by atoms with Crippen LogP contribution in [0.15, 0.2) is 67.3 Å². The Morgan fingerprint density at radius 2 is 2.00 bits per heavy atom. The lowest BCUT2D eigenvalue weighted by atomic mass is 10.0. The number of nitrogens with zero attached hydrogens (tertiary/aromatic N) is 4. The molecule has 1 fully saturated rings. The molecule has 2 atom stereocenters. The number of aromatic nitrogens is 3. The van der Waals surface area contributed by atoms with E-state index in [1.54, 1.807) is 6.20 Å². The molecular weight excluding hydrogens is 354 g/mol. The monoisotopic (exact) mass is 377 g/mol. The van der Waals surface area contributed by atoms with Crippen LogP contribution in [0.4, 0.5) is 0 Å². The molecule has 1 aliphatic heterocycles. The highest BCUT2D eigenvalue weighted by Crippen LogP contribution is 2.39. The van der Waals surface area contributed by atoms with Gasteiger partial charge in [-0.1, -0.05) is 19.9 Å². The molecule has 0 aromatic carbocycles. The number of hydrogen-bond acceptors (Lipinski definition) is 3. The smallest absolute Gasteiger partial charge is 0.170 e. The molecule has 0 spiro atoms. The second-order valence-corrected chi connectivity index (χ2v) is 7.57. The fraction of sp³-hybridized carbons (Fsp3) is 0.286. The van der Waals surface area contributed by atoms with Crippen molar-refractivity contribution in [1.82, 2.24) is 24.8 Å². The van der Waals surface area contributed by atoms with E-state index >= 15 is 0 Å². The Bertz CT molecular complexity index is 907. The molecule has 6 heteroatoms. The molecule has 0 bridgehead atoms. The molecule has 0 saturated carbocycles.